The molecule has 0 bridgehead atoms. The molecule has 1 fully saturated rings. The van der Waals surface area contributed by atoms with Crippen LogP contribution in [0.4, 0.5) is 5.69 Å². The van der Waals surface area contributed by atoms with Crippen molar-refractivity contribution in [3.05, 3.63) is 53.9 Å². The lowest BCUT2D eigenvalue weighted by Gasteiger charge is -2.37. The maximum Gasteiger partial charge on any atom is 0.246 e. The number of carbonyl (C=O) groups excluding carboxylic acids is 1. The third-order valence-electron chi connectivity index (χ3n) is 6.99. The van der Waals surface area contributed by atoms with E-state index in [4.69, 9.17) is 14.0 Å². The van der Waals surface area contributed by atoms with Crippen molar-refractivity contribution in [1.29, 1.82) is 0 Å². The minimum atomic E-state index is -0.0673. The SMILES string of the molecule is CC[C@H](C)N(Cc1nc(-c2ccc(OC)c(OC)c2)no1)C(=O)[C@H]1CCCN(c2ccc(C)cc2)C1. The predicted octanol–water partition coefficient (Wildman–Crippen LogP) is 5.11. The van der Waals surface area contributed by atoms with E-state index in [2.05, 4.69) is 60.1 Å². The highest BCUT2D eigenvalue weighted by molar-refractivity contribution is 5.80. The zero-order valence-electron chi connectivity index (χ0n) is 21.9. The summed E-state index contributed by atoms with van der Waals surface area (Å²) in [6.45, 7) is 8.22. The molecule has 0 spiro atoms. The zero-order valence-corrected chi connectivity index (χ0v) is 21.9. The van der Waals surface area contributed by atoms with E-state index in [0.29, 0.717) is 23.2 Å². The fourth-order valence-electron chi connectivity index (χ4n) is 4.63. The maximum atomic E-state index is 13.7. The fraction of sp³-hybridized carbons (Fsp3) is 0.464. The zero-order chi connectivity index (χ0) is 25.7. The summed E-state index contributed by atoms with van der Waals surface area (Å²) in [6, 6.07) is 14.1. The highest BCUT2D eigenvalue weighted by atomic mass is 16.5. The first kappa shape index (κ1) is 25.5. The standard InChI is InChI=1S/C28H36N4O4/c1-6-20(3)32(28(33)22-8-7-15-31(17-22)23-12-9-19(2)10-13-23)18-26-29-27(30-36-26)21-11-14-24(34-4)25(16-21)35-5/h9-14,16,20,22H,6-8,15,17-18H2,1-5H3/t20-,22-/m0/s1. The van der Waals surface area contributed by atoms with Crippen LogP contribution in [-0.4, -0.2) is 54.3 Å². The van der Waals surface area contributed by atoms with E-state index < -0.39 is 0 Å². The highest BCUT2D eigenvalue weighted by Crippen LogP contribution is 2.31. The van der Waals surface area contributed by atoms with Gasteiger partial charge in [-0.25, -0.2) is 0 Å². The molecule has 0 aliphatic carbocycles. The third-order valence-corrected chi connectivity index (χ3v) is 6.99. The van der Waals surface area contributed by atoms with Gasteiger partial charge in [0.15, 0.2) is 11.5 Å². The predicted molar refractivity (Wildman–Crippen MR) is 139 cm³/mol. The number of hydrogen-bond donors (Lipinski definition) is 0. The van der Waals surface area contributed by atoms with Crippen LogP contribution < -0.4 is 14.4 Å². The Labute approximate surface area is 213 Å². The minimum absolute atomic E-state index is 0.0590. The summed E-state index contributed by atoms with van der Waals surface area (Å²) in [7, 11) is 3.18. The molecule has 2 aromatic carbocycles. The molecule has 1 amide bonds. The van der Waals surface area contributed by atoms with Gasteiger partial charge in [-0.15, -0.1) is 0 Å². The van der Waals surface area contributed by atoms with E-state index in [9.17, 15) is 4.79 Å². The molecule has 1 aliphatic rings. The number of hydrogen-bond acceptors (Lipinski definition) is 7. The van der Waals surface area contributed by atoms with Crippen molar-refractivity contribution in [1.82, 2.24) is 15.0 Å². The quantitative estimate of drug-likeness (QED) is 0.411. The lowest BCUT2D eigenvalue weighted by atomic mass is 9.95. The molecular weight excluding hydrogens is 456 g/mol. The van der Waals surface area contributed by atoms with E-state index in [1.165, 1.54) is 11.3 Å². The van der Waals surface area contributed by atoms with Gasteiger partial charge in [-0.05, 0) is 63.4 Å². The van der Waals surface area contributed by atoms with Crippen molar-refractivity contribution >= 4 is 11.6 Å². The van der Waals surface area contributed by atoms with Crippen molar-refractivity contribution < 1.29 is 18.8 Å². The molecule has 1 aromatic heterocycles. The Kier molecular flexibility index (Phi) is 8.13. The van der Waals surface area contributed by atoms with E-state index >= 15 is 0 Å². The smallest absolute Gasteiger partial charge is 0.246 e. The highest BCUT2D eigenvalue weighted by Gasteiger charge is 2.32. The number of methoxy groups -OCH3 is 2. The molecule has 4 rings (SSSR count). The lowest BCUT2D eigenvalue weighted by Crippen LogP contribution is -2.47. The number of benzene rings is 2. The molecule has 0 unspecified atom stereocenters. The van der Waals surface area contributed by atoms with E-state index in [0.717, 1.165) is 37.9 Å². The average molecular weight is 493 g/mol. The minimum Gasteiger partial charge on any atom is -0.493 e. The van der Waals surface area contributed by atoms with Crippen LogP contribution in [0.3, 0.4) is 0 Å². The number of ether oxygens (including phenoxy) is 2. The Balaban J connectivity index is 1.50. The van der Waals surface area contributed by atoms with Gasteiger partial charge in [-0.1, -0.05) is 29.8 Å². The monoisotopic (exact) mass is 492 g/mol. The number of aryl methyl sites for hydroxylation is 1. The van der Waals surface area contributed by atoms with Gasteiger partial charge >= 0.3 is 0 Å². The van der Waals surface area contributed by atoms with Crippen LogP contribution in [0, 0.1) is 12.8 Å². The van der Waals surface area contributed by atoms with Crippen molar-refractivity contribution in [3.63, 3.8) is 0 Å². The molecule has 2 atom stereocenters. The van der Waals surface area contributed by atoms with Crippen LogP contribution in [0.25, 0.3) is 11.4 Å². The second-order valence-corrected chi connectivity index (χ2v) is 9.43. The van der Waals surface area contributed by atoms with Crippen LogP contribution in [0.1, 0.15) is 44.6 Å². The molecule has 1 saturated heterocycles. The number of piperidine rings is 1. The van der Waals surface area contributed by atoms with Gasteiger partial charge in [0.1, 0.15) is 6.54 Å². The van der Waals surface area contributed by atoms with Gasteiger partial charge in [0.25, 0.3) is 0 Å². The Bertz CT molecular complexity index is 1160. The first-order valence-corrected chi connectivity index (χ1v) is 12.6. The van der Waals surface area contributed by atoms with Crippen LogP contribution in [-0.2, 0) is 11.3 Å². The van der Waals surface area contributed by atoms with Crippen molar-refractivity contribution in [3.8, 4) is 22.9 Å². The number of aromatic nitrogens is 2. The largest absolute Gasteiger partial charge is 0.493 e. The topological polar surface area (TPSA) is 80.9 Å². The van der Waals surface area contributed by atoms with Gasteiger partial charge in [0.2, 0.25) is 17.6 Å². The van der Waals surface area contributed by atoms with E-state index in [1.807, 2.05) is 23.1 Å². The Morgan fingerprint density at radius 2 is 1.92 bits per heavy atom. The Hall–Kier alpha value is -3.55. The molecule has 0 radical (unpaired) electrons. The van der Waals surface area contributed by atoms with Crippen LogP contribution in [0.5, 0.6) is 11.5 Å². The van der Waals surface area contributed by atoms with Crippen molar-refractivity contribution in [2.45, 2.75) is 52.6 Å². The number of anilines is 1. The van der Waals surface area contributed by atoms with Gasteiger partial charge < -0.3 is 23.8 Å². The lowest BCUT2D eigenvalue weighted by molar-refractivity contribution is -0.139. The first-order valence-electron chi connectivity index (χ1n) is 12.6. The molecule has 2 heterocycles. The summed E-state index contributed by atoms with van der Waals surface area (Å²) in [4.78, 5) is 22.6. The van der Waals surface area contributed by atoms with Crippen LogP contribution >= 0.6 is 0 Å². The average Bonchev–Trinajstić information content (AvgIpc) is 3.39. The van der Waals surface area contributed by atoms with Gasteiger partial charge in [0.05, 0.1) is 20.1 Å². The van der Waals surface area contributed by atoms with E-state index in [-0.39, 0.29) is 24.4 Å². The van der Waals surface area contributed by atoms with Gasteiger partial charge in [0, 0.05) is 30.4 Å². The molecule has 0 N–H and O–H groups in total. The summed E-state index contributed by atoms with van der Waals surface area (Å²) in [5, 5.41) is 4.16. The fourth-order valence-corrected chi connectivity index (χ4v) is 4.63. The molecule has 1 aliphatic heterocycles. The molecule has 0 saturated carbocycles. The molecule has 192 valence electrons. The van der Waals surface area contributed by atoms with Crippen LogP contribution in [0.2, 0.25) is 0 Å². The molecule has 3 aromatic rings. The van der Waals surface area contributed by atoms with E-state index in [1.54, 1.807) is 14.2 Å². The van der Waals surface area contributed by atoms with Crippen molar-refractivity contribution in [2.24, 2.45) is 5.92 Å². The summed E-state index contributed by atoms with van der Waals surface area (Å²) >= 11 is 0. The number of nitrogens with zero attached hydrogens (tertiary/aromatic N) is 4. The Morgan fingerprint density at radius 1 is 1.17 bits per heavy atom. The number of carbonyl (C=O) groups is 1. The summed E-state index contributed by atoms with van der Waals surface area (Å²) < 4.78 is 16.3. The molecular formula is C28H36N4O4. The van der Waals surface area contributed by atoms with Gasteiger partial charge in [-0.2, -0.15) is 4.98 Å². The summed E-state index contributed by atoms with van der Waals surface area (Å²) in [6.07, 6.45) is 2.72. The number of amides is 1. The normalized spacial score (nSPS) is 16.5. The number of rotatable bonds is 9. The molecule has 8 heteroatoms. The maximum absolute atomic E-state index is 13.7. The summed E-state index contributed by atoms with van der Waals surface area (Å²) in [5.74, 6) is 2.17. The second kappa shape index (κ2) is 11.5. The molecule has 36 heavy (non-hydrogen) atoms. The van der Waals surface area contributed by atoms with Crippen molar-refractivity contribution in [2.75, 3.05) is 32.2 Å². The molecule has 8 nitrogen and oxygen atoms in total. The second-order valence-electron chi connectivity index (χ2n) is 9.43. The third kappa shape index (κ3) is 5.64. The van der Waals surface area contributed by atoms with Crippen LogP contribution in [0.15, 0.2) is 47.0 Å². The van der Waals surface area contributed by atoms with Gasteiger partial charge in [-0.3, -0.25) is 4.79 Å². The first-order chi connectivity index (χ1) is 17.4. The summed E-state index contributed by atoms with van der Waals surface area (Å²) in [5.41, 5.74) is 3.16. The Morgan fingerprint density at radius 3 is 2.61 bits per heavy atom.